The Balaban J connectivity index is 2.91. The van der Waals surface area contributed by atoms with Crippen molar-refractivity contribution in [2.24, 2.45) is 0 Å². The Labute approximate surface area is 120 Å². The van der Waals surface area contributed by atoms with Crippen molar-refractivity contribution in [3.8, 4) is 23.7 Å². The molecule has 20 heavy (non-hydrogen) atoms. The van der Waals surface area contributed by atoms with Crippen molar-refractivity contribution < 1.29 is 14.6 Å². The van der Waals surface area contributed by atoms with E-state index in [1.165, 1.54) is 0 Å². The fourth-order valence-corrected chi connectivity index (χ4v) is 1.50. The van der Waals surface area contributed by atoms with Gasteiger partial charge in [0.05, 0.1) is 6.61 Å². The molecule has 0 heterocycles. The molecule has 3 nitrogen and oxygen atoms in total. The van der Waals surface area contributed by atoms with E-state index >= 15 is 0 Å². The zero-order valence-corrected chi connectivity index (χ0v) is 11.8. The van der Waals surface area contributed by atoms with E-state index in [2.05, 4.69) is 35.3 Å². The molecule has 1 rings (SSSR count). The molecule has 0 spiro atoms. The van der Waals surface area contributed by atoms with Crippen LogP contribution in [0.25, 0.3) is 0 Å². The first-order valence-electron chi connectivity index (χ1n) is 6.63. The van der Waals surface area contributed by atoms with Crippen LogP contribution >= 0.6 is 0 Å². The number of hydrogen-bond acceptors (Lipinski definition) is 3. The largest absolute Gasteiger partial charge is 0.456 e. The van der Waals surface area contributed by atoms with Gasteiger partial charge in [-0.25, -0.2) is 4.79 Å². The SMILES string of the molecule is CCCC#Cc1ccccc1C(O)C#CC(=O)OCC. The average Bonchev–Trinajstić information content (AvgIpc) is 2.46. The van der Waals surface area contributed by atoms with Gasteiger partial charge in [0.1, 0.15) is 6.10 Å². The number of carbonyl (C=O) groups is 1. The predicted molar refractivity (Wildman–Crippen MR) is 77.6 cm³/mol. The quantitative estimate of drug-likeness (QED) is 0.521. The lowest BCUT2D eigenvalue weighted by molar-refractivity contribution is -0.136. The maximum atomic E-state index is 11.1. The van der Waals surface area contributed by atoms with Crippen LogP contribution in [0.15, 0.2) is 24.3 Å². The number of benzene rings is 1. The van der Waals surface area contributed by atoms with Gasteiger partial charge in [0.25, 0.3) is 0 Å². The van der Waals surface area contributed by atoms with Crippen LogP contribution in [0, 0.1) is 23.7 Å². The summed E-state index contributed by atoms with van der Waals surface area (Å²) in [6, 6.07) is 7.23. The molecule has 0 fully saturated rings. The summed E-state index contributed by atoms with van der Waals surface area (Å²) in [6.07, 6.45) is 0.741. The van der Waals surface area contributed by atoms with Crippen molar-refractivity contribution in [3.05, 3.63) is 35.4 Å². The second-order valence-electron chi connectivity index (χ2n) is 4.03. The van der Waals surface area contributed by atoms with Crippen molar-refractivity contribution in [2.75, 3.05) is 6.61 Å². The maximum Gasteiger partial charge on any atom is 0.384 e. The molecule has 0 saturated carbocycles. The molecule has 0 radical (unpaired) electrons. The highest BCUT2D eigenvalue weighted by atomic mass is 16.5. The maximum absolute atomic E-state index is 11.1. The molecule has 0 bridgehead atoms. The van der Waals surface area contributed by atoms with E-state index in [0.717, 1.165) is 18.4 Å². The Hall–Kier alpha value is -2.23. The molecule has 1 atom stereocenters. The van der Waals surface area contributed by atoms with Gasteiger partial charge >= 0.3 is 5.97 Å². The van der Waals surface area contributed by atoms with E-state index in [-0.39, 0.29) is 6.61 Å². The number of rotatable bonds is 3. The van der Waals surface area contributed by atoms with Crippen LogP contribution in [0.2, 0.25) is 0 Å². The van der Waals surface area contributed by atoms with Crippen molar-refractivity contribution in [2.45, 2.75) is 32.8 Å². The normalized spacial score (nSPS) is 10.6. The van der Waals surface area contributed by atoms with Crippen LogP contribution in [0.3, 0.4) is 0 Å². The molecule has 0 aliphatic heterocycles. The van der Waals surface area contributed by atoms with E-state index < -0.39 is 12.1 Å². The van der Waals surface area contributed by atoms with Gasteiger partial charge in [-0.15, -0.1) is 0 Å². The predicted octanol–water partition coefficient (Wildman–Crippen LogP) is 2.44. The number of carbonyl (C=O) groups excluding carboxylic acids is 1. The third-order valence-electron chi connectivity index (χ3n) is 2.44. The molecule has 0 amide bonds. The summed E-state index contributed by atoms with van der Waals surface area (Å²) in [5.41, 5.74) is 1.33. The summed E-state index contributed by atoms with van der Waals surface area (Å²) in [5, 5.41) is 10.0. The molecule has 1 unspecified atom stereocenters. The van der Waals surface area contributed by atoms with E-state index in [0.29, 0.717) is 5.56 Å². The lowest BCUT2D eigenvalue weighted by Crippen LogP contribution is -2.02. The Morgan fingerprint density at radius 3 is 2.80 bits per heavy atom. The molecular formula is C17H18O3. The summed E-state index contributed by atoms with van der Waals surface area (Å²) in [6.45, 7) is 4.03. The Morgan fingerprint density at radius 2 is 2.10 bits per heavy atom. The van der Waals surface area contributed by atoms with Gasteiger partial charge in [-0.1, -0.05) is 42.9 Å². The van der Waals surface area contributed by atoms with Gasteiger partial charge in [0.2, 0.25) is 0 Å². The minimum atomic E-state index is -1.05. The summed E-state index contributed by atoms with van der Waals surface area (Å²) in [4.78, 5) is 11.1. The highest BCUT2D eigenvalue weighted by Gasteiger charge is 2.08. The van der Waals surface area contributed by atoms with Gasteiger partial charge in [0.15, 0.2) is 0 Å². The van der Waals surface area contributed by atoms with Gasteiger partial charge in [0, 0.05) is 23.5 Å². The highest BCUT2D eigenvalue weighted by molar-refractivity contribution is 5.88. The monoisotopic (exact) mass is 270 g/mol. The van der Waals surface area contributed by atoms with Gasteiger partial charge in [-0.2, -0.15) is 0 Å². The standard InChI is InChI=1S/C17H18O3/c1-3-5-6-9-14-10-7-8-11-15(14)16(18)12-13-17(19)20-4-2/h7-8,10-11,16,18H,3-5H2,1-2H3. The summed E-state index contributed by atoms with van der Waals surface area (Å²) in [5.74, 6) is 10.2. The van der Waals surface area contributed by atoms with E-state index in [4.69, 9.17) is 0 Å². The summed E-state index contributed by atoms with van der Waals surface area (Å²) in [7, 11) is 0. The molecule has 0 aliphatic rings. The van der Waals surface area contributed by atoms with Gasteiger partial charge in [-0.05, 0) is 19.4 Å². The zero-order valence-electron chi connectivity index (χ0n) is 11.8. The third-order valence-corrected chi connectivity index (χ3v) is 2.44. The smallest absolute Gasteiger partial charge is 0.384 e. The molecule has 104 valence electrons. The Bertz CT molecular complexity index is 567. The molecule has 1 aromatic rings. The summed E-state index contributed by atoms with van der Waals surface area (Å²) < 4.78 is 4.69. The summed E-state index contributed by atoms with van der Waals surface area (Å²) >= 11 is 0. The number of aliphatic hydroxyl groups is 1. The number of ether oxygens (including phenoxy) is 1. The second-order valence-corrected chi connectivity index (χ2v) is 4.03. The number of aliphatic hydroxyl groups excluding tert-OH is 1. The van der Waals surface area contributed by atoms with Crippen molar-refractivity contribution in [1.29, 1.82) is 0 Å². The van der Waals surface area contributed by atoms with Crippen molar-refractivity contribution in [1.82, 2.24) is 0 Å². The molecule has 0 saturated heterocycles. The van der Waals surface area contributed by atoms with Gasteiger partial charge in [-0.3, -0.25) is 0 Å². The first kappa shape index (κ1) is 15.8. The van der Waals surface area contributed by atoms with Gasteiger partial charge < -0.3 is 9.84 Å². The lowest BCUT2D eigenvalue weighted by atomic mass is 10.0. The number of hydrogen-bond donors (Lipinski definition) is 1. The number of esters is 1. The minimum absolute atomic E-state index is 0.267. The highest BCUT2D eigenvalue weighted by Crippen LogP contribution is 2.16. The van der Waals surface area contributed by atoms with Crippen molar-refractivity contribution in [3.63, 3.8) is 0 Å². The van der Waals surface area contributed by atoms with E-state index in [1.54, 1.807) is 19.1 Å². The third kappa shape index (κ3) is 5.18. The van der Waals surface area contributed by atoms with Crippen LogP contribution < -0.4 is 0 Å². The minimum Gasteiger partial charge on any atom is -0.456 e. The van der Waals surface area contributed by atoms with Crippen molar-refractivity contribution >= 4 is 5.97 Å². The molecule has 1 N–H and O–H groups in total. The second kappa shape index (κ2) is 8.80. The molecule has 0 aromatic heterocycles. The van der Waals surface area contributed by atoms with Crippen LogP contribution in [-0.2, 0) is 9.53 Å². The fourth-order valence-electron chi connectivity index (χ4n) is 1.50. The van der Waals surface area contributed by atoms with E-state index in [9.17, 15) is 9.90 Å². The Kier molecular flexibility index (Phi) is 6.96. The van der Waals surface area contributed by atoms with Crippen LogP contribution in [0.1, 0.15) is 43.9 Å². The van der Waals surface area contributed by atoms with Crippen LogP contribution in [-0.4, -0.2) is 17.7 Å². The molecule has 3 heteroatoms. The number of unbranched alkanes of at least 4 members (excludes halogenated alkanes) is 1. The van der Waals surface area contributed by atoms with Crippen LogP contribution in [0.4, 0.5) is 0 Å². The average molecular weight is 270 g/mol. The molecular weight excluding hydrogens is 252 g/mol. The zero-order chi connectivity index (χ0) is 14.8. The van der Waals surface area contributed by atoms with E-state index in [1.807, 2.05) is 12.1 Å². The first-order valence-corrected chi connectivity index (χ1v) is 6.63. The lowest BCUT2D eigenvalue weighted by Gasteiger charge is -2.06. The van der Waals surface area contributed by atoms with Crippen LogP contribution in [0.5, 0.6) is 0 Å². The topological polar surface area (TPSA) is 46.5 Å². The molecule has 0 aliphatic carbocycles. The fraction of sp³-hybridized carbons (Fsp3) is 0.353. The Morgan fingerprint density at radius 1 is 1.35 bits per heavy atom. The first-order chi connectivity index (χ1) is 9.69. The molecule has 1 aromatic carbocycles.